The lowest BCUT2D eigenvalue weighted by molar-refractivity contribution is -0.132. The van der Waals surface area contributed by atoms with Gasteiger partial charge in [-0.25, -0.2) is 0 Å². The lowest BCUT2D eigenvalue weighted by Crippen LogP contribution is -2.39. The van der Waals surface area contributed by atoms with Crippen molar-refractivity contribution >= 4 is 17.6 Å². The van der Waals surface area contributed by atoms with E-state index >= 15 is 0 Å². The zero-order chi connectivity index (χ0) is 19.3. The highest BCUT2D eigenvalue weighted by atomic mass is 16.5. The number of nitrogens with zero attached hydrogens (tertiary/aromatic N) is 2. The van der Waals surface area contributed by atoms with E-state index in [1.165, 1.54) is 34.1 Å². The summed E-state index contributed by atoms with van der Waals surface area (Å²) in [6.07, 6.45) is 1.29. The third kappa shape index (κ3) is 4.25. The summed E-state index contributed by atoms with van der Waals surface area (Å²) < 4.78 is 15.9. The third-order valence-corrected chi connectivity index (χ3v) is 4.45. The number of oxime groups is 1. The Morgan fingerprint density at radius 1 is 1.08 bits per heavy atom. The number of hydrogen-bond donors (Lipinski definition) is 1. The Kier molecular flexibility index (Phi) is 6.43. The summed E-state index contributed by atoms with van der Waals surface area (Å²) in [7, 11) is 2.97. The molecule has 1 saturated heterocycles. The average molecular weight is 364 g/mol. The van der Waals surface area contributed by atoms with E-state index in [1.807, 2.05) is 0 Å². The molecule has 26 heavy (non-hydrogen) atoms. The van der Waals surface area contributed by atoms with Crippen molar-refractivity contribution in [3.63, 3.8) is 0 Å². The van der Waals surface area contributed by atoms with Gasteiger partial charge in [0.25, 0.3) is 0 Å². The van der Waals surface area contributed by atoms with Gasteiger partial charge in [0.05, 0.1) is 19.9 Å². The van der Waals surface area contributed by atoms with E-state index in [9.17, 15) is 14.8 Å². The van der Waals surface area contributed by atoms with Crippen LogP contribution in [0.1, 0.15) is 32.3 Å². The Bertz CT molecular complexity index is 708. The predicted octanol–water partition coefficient (Wildman–Crippen LogP) is 2.07. The van der Waals surface area contributed by atoms with Crippen molar-refractivity contribution in [2.45, 2.75) is 26.7 Å². The number of rotatable bonds is 5. The van der Waals surface area contributed by atoms with Gasteiger partial charge < -0.3 is 24.3 Å². The van der Waals surface area contributed by atoms with Crippen molar-refractivity contribution in [2.75, 3.05) is 27.3 Å². The van der Waals surface area contributed by atoms with Crippen LogP contribution in [0, 0.1) is 5.92 Å². The Labute approximate surface area is 152 Å². The molecule has 1 fully saturated rings. The molecule has 142 valence electrons. The van der Waals surface area contributed by atoms with E-state index in [1.54, 1.807) is 11.0 Å². The fraction of sp³-hybridized carbons (Fsp3) is 0.500. The minimum atomic E-state index is -0.498. The molecule has 0 spiro atoms. The largest absolute Gasteiger partial charge is 0.493 e. The number of piperidine rings is 1. The Morgan fingerprint density at radius 3 is 2.12 bits per heavy atom. The second-order valence-corrected chi connectivity index (χ2v) is 6.06. The molecule has 8 heteroatoms. The summed E-state index contributed by atoms with van der Waals surface area (Å²) in [5, 5.41) is 13.1. The second-order valence-electron chi connectivity index (χ2n) is 6.06. The number of hydrogen-bond acceptors (Lipinski definition) is 7. The number of amides is 1. The number of carbonyl (C=O) groups is 2. The molecule has 1 aromatic carbocycles. The summed E-state index contributed by atoms with van der Waals surface area (Å²) in [4.78, 5) is 24.7. The number of carbonyl (C=O) groups excluding carboxylic acids is 2. The van der Waals surface area contributed by atoms with Gasteiger partial charge in [-0.2, -0.15) is 0 Å². The van der Waals surface area contributed by atoms with Crippen LogP contribution in [0.15, 0.2) is 17.3 Å². The molecule has 1 amide bonds. The standard InChI is InChI=1S/C18H24N2O6/c1-11(21)20-7-5-13(6-8-20)18(19-23)14-9-16(24-3)17(25-4)10-15(14)26-12(2)22/h9-10,13,23H,5-8H2,1-4H3. The number of esters is 1. The molecule has 0 aliphatic carbocycles. The van der Waals surface area contributed by atoms with E-state index < -0.39 is 5.97 Å². The highest BCUT2D eigenvalue weighted by Gasteiger charge is 2.29. The molecule has 8 nitrogen and oxygen atoms in total. The molecule has 1 aliphatic rings. The molecule has 0 bridgehead atoms. The maximum atomic E-state index is 11.5. The van der Waals surface area contributed by atoms with E-state index in [-0.39, 0.29) is 17.6 Å². The van der Waals surface area contributed by atoms with E-state index in [0.717, 1.165) is 0 Å². The van der Waals surface area contributed by atoms with Crippen LogP contribution in [0.4, 0.5) is 0 Å². The zero-order valence-electron chi connectivity index (χ0n) is 15.4. The molecule has 2 rings (SSSR count). The van der Waals surface area contributed by atoms with Crippen molar-refractivity contribution in [1.29, 1.82) is 0 Å². The number of benzene rings is 1. The quantitative estimate of drug-likeness (QED) is 0.282. The first kappa shape index (κ1) is 19.6. The number of ether oxygens (including phenoxy) is 3. The van der Waals surface area contributed by atoms with Gasteiger partial charge in [-0.15, -0.1) is 0 Å². The topological polar surface area (TPSA) is 97.7 Å². The van der Waals surface area contributed by atoms with Crippen LogP contribution in [0.5, 0.6) is 17.2 Å². The monoisotopic (exact) mass is 364 g/mol. The third-order valence-electron chi connectivity index (χ3n) is 4.45. The lowest BCUT2D eigenvalue weighted by Gasteiger charge is -2.31. The maximum absolute atomic E-state index is 11.5. The van der Waals surface area contributed by atoms with Gasteiger partial charge >= 0.3 is 5.97 Å². The van der Waals surface area contributed by atoms with Crippen LogP contribution in [0.2, 0.25) is 0 Å². The van der Waals surface area contributed by atoms with E-state index in [2.05, 4.69) is 5.16 Å². The lowest BCUT2D eigenvalue weighted by atomic mass is 9.87. The molecular weight excluding hydrogens is 340 g/mol. The predicted molar refractivity (Wildman–Crippen MR) is 94.2 cm³/mol. The SMILES string of the molecule is COc1cc(OC(C)=O)c(C(=NO)C2CCN(C(C)=O)CC2)cc1OC. The van der Waals surface area contributed by atoms with Crippen molar-refractivity contribution < 1.29 is 29.0 Å². The van der Waals surface area contributed by atoms with Crippen LogP contribution in [0.25, 0.3) is 0 Å². The molecule has 1 N–H and O–H groups in total. The first-order valence-corrected chi connectivity index (χ1v) is 8.33. The van der Waals surface area contributed by atoms with Gasteiger partial charge in [-0.05, 0) is 18.9 Å². The zero-order valence-corrected chi connectivity index (χ0v) is 15.4. The van der Waals surface area contributed by atoms with Crippen molar-refractivity contribution in [3.8, 4) is 17.2 Å². The molecule has 0 saturated carbocycles. The van der Waals surface area contributed by atoms with Crippen LogP contribution in [-0.2, 0) is 9.59 Å². The summed E-state index contributed by atoms with van der Waals surface area (Å²) in [6, 6.07) is 3.16. The van der Waals surface area contributed by atoms with Gasteiger partial charge in [-0.3, -0.25) is 9.59 Å². The van der Waals surface area contributed by atoms with Gasteiger partial charge in [0.1, 0.15) is 5.75 Å². The Balaban J connectivity index is 2.39. The molecule has 1 heterocycles. The molecule has 0 atom stereocenters. The van der Waals surface area contributed by atoms with Crippen LogP contribution < -0.4 is 14.2 Å². The minimum Gasteiger partial charge on any atom is -0.493 e. The fourth-order valence-electron chi connectivity index (χ4n) is 3.12. The summed E-state index contributed by atoms with van der Waals surface area (Å²) in [5.41, 5.74) is 0.854. The van der Waals surface area contributed by atoms with Gasteiger partial charge in [0.2, 0.25) is 5.91 Å². The van der Waals surface area contributed by atoms with Gasteiger partial charge in [0.15, 0.2) is 11.5 Å². The van der Waals surface area contributed by atoms with Crippen molar-refractivity contribution in [2.24, 2.45) is 11.1 Å². The Morgan fingerprint density at radius 2 is 1.65 bits per heavy atom. The molecule has 0 radical (unpaired) electrons. The smallest absolute Gasteiger partial charge is 0.308 e. The van der Waals surface area contributed by atoms with Gasteiger partial charge in [0, 0.05) is 44.5 Å². The maximum Gasteiger partial charge on any atom is 0.308 e. The van der Waals surface area contributed by atoms with Crippen LogP contribution >= 0.6 is 0 Å². The van der Waals surface area contributed by atoms with Crippen molar-refractivity contribution in [1.82, 2.24) is 4.90 Å². The minimum absolute atomic E-state index is 0.0256. The fourth-order valence-corrected chi connectivity index (χ4v) is 3.12. The van der Waals surface area contributed by atoms with Crippen molar-refractivity contribution in [3.05, 3.63) is 17.7 Å². The number of likely N-dealkylation sites (tertiary alicyclic amines) is 1. The molecule has 0 unspecified atom stereocenters. The molecule has 0 aromatic heterocycles. The molecule has 1 aliphatic heterocycles. The summed E-state index contributed by atoms with van der Waals surface area (Å²) in [5.74, 6) is 0.511. The highest BCUT2D eigenvalue weighted by molar-refractivity contribution is 6.05. The number of methoxy groups -OCH3 is 2. The molecular formula is C18H24N2O6. The van der Waals surface area contributed by atoms with E-state index in [0.29, 0.717) is 48.7 Å². The first-order valence-electron chi connectivity index (χ1n) is 8.33. The van der Waals surface area contributed by atoms with E-state index in [4.69, 9.17) is 14.2 Å². The first-order chi connectivity index (χ1) is 12.4. The average Bonchev–Trinajstić information content (AvgIpc) is 2.62. The van der Waals surface area contributed by atoms with Crippen LogP contribution in [-0.4, -0.2) is 55.0 Å². The van der Waals surface area contributed by atoms with Crippen LogP contribution in [0.3, 0.4) is 0 Å². The normalized spacial score (nSPS) is 15.5. The summed E-state index contributed by atoms with van der Waals surface area (Å²) >= 11 is 0. The second kappa shape index (κ2) is 8.55. The Hall–Kier alpha value is -2.77. The van der Waals surface area contributed by atoms with Gasteiger partial charge in [-0.1, -0.05) is 5.16 Å². The highest BCUT2D eigenvalue weighted by Crippen LogP contribution is 2.37. The molecule has 1 aromatic rings. The summed E-state index contributed by atoms with van der Waals surface area (Å²) in [6.45, 7) is 3.99.